The van der Waals surface area contributed by atoms with Crippen molar-refractivity contribution in [2.45, 2.75) is 33.9 Å². The first kappa shape index (κ1) is 20.0. The highest BCUT2D eigenvalue weighted by Gasteiger charge is 2.17. The van der Waals surface area contributed by atoms with E-state index in [0.29, 0.717) is 0 Å². The predicted molar refractivity (Wildman–Crippen MR) is 124 cm³/mol. The minimum absolute atomic E-state index is 0.770. The average Bonchev–Trinajstić information content (AvgIpc) is 3.57. The van der Waals surface area contributed by atoms with E-state index >= 15 is 0 Å². The van der Waals surface area contributed by atoms with Crippen LogP contribution in [0.1, 0.15) is 19.4 Å². The molecule has 0 fully saturated rings. The second kappa shape index (κ2) is 7.96. The number of hydrogen-bond donors (Lipinski definition) is 0. The van der Waals surface area contributed by atoms with Crippen molar-refractivity contribution in [2.24, 2.45) is 0 Å². The first-order valence-corrected chi connectivity index (χ1v) is 10.7. The molecule has 32 heavy (non-hydrogen) atoms. The summed E-state index contributed by atoms with van der Waals surface area (Å²) in [6, 6.07) is 8.41. The van der Waals surface area contributed by atoms with Gasteiger partial charge in [0.2, 0.25) is 0 Å². The third kappa shape index (κ3) is 3.33. The molecule has 0 spiro atoms. The van der Waals surface area contributed by atoms with Crippen molar-refractivity contribution in [3.8, 4) is 39.3 Å². The number of methoxy groups -OCH3 is 1. The van der Waals surface area contributed by atoms with Gasteiger partial charge in [0.25, 0.3) is 0 Å². The van der Waals surface area contributed by atoms with Crippen molar-refractivity contribution in [2.75, 3.05) is 7.11 Å². The summed E-state index contributed by atoms with van der Waals surface area (Å²) < 4.78 is 11.4. The van der Waals surface area contributed by atoms with Crippen LogP contribution < -0.4 is 4.74 Å². The lowest BCUT2D eigenvalue weighted by Gasteiger charge is -2.12. The zero-order valence-corrected chi connectivity index (χ0v) is 18.6. The number of aromatic nitrogens is 7. The van der Waals surface area contributed by atoms with Crippen molar-refractivity contribution in [1.82, 2.24) is 34.4 Å². The van der Waals surface area contributed by atoms with Crippen LogP contribution in [0.4, 0.5) is 0 Å². The molecule has 0 atom stereocenters. The fraction of sp³-hybridized carbons (Fsp3) is 0.250. The molecule has 0 unspecified atom stereocenters. The fourth-order valence-corrected chi connectivity index (χ4v) is 4.03. The minimum atomic E-state index is 0.770. The third-order valence-corrected chi connectivity index (χ3v) is 5.76. The van der Waals surface area contributed by atoms with E-state index in [1.807, 2.05) is 57.9 Å². The molecule has 0 saturated heterocycles. The lowest BCUT2D eigenvalue weighted by molar-refractivity contribution is 0.416. The van der Waals surface area contributed by atoms with E-state index in [4.69, 9.17) is 4.74 Å². The number of aryl methyl sites for hydroxylation is 3. The summed E-state index contributed by atoms with van der Waals surface area (Å²) in [6.45, 7) is 7.81. The molecule has 0 saturated carbocycles. The van der Waals surface area contributed by atoms with Gasteiger partial charge in [-0.2, -0.15) is 10.2 Å². The number of fused-ring (bicyclic) bond motifs is 1. The summed E-state index contributed by atoms with van der Waals surface area (Å²) in [6.07, 6.45) is 9.82. The molecule has 0 bridgehead atoms. The molecule has 0 aliphatic heterocycles. The third-order valence-electron chi connectivity index (χ3n) is 5.76. The Morgan fingerprint density at radius 1 is 0.875 bits per heavy atom. The highest BCUT2D eigenvalue weighted by atomic mass is 16.5. The Morgan fingerprint density at radius 2 is 1.72 bits per heavy atom. The Hall–Kier alpha value is -3.94. The molecule has 0 radical (unpaired) electrons. The van der Waals surface area contributed by atoms with Gasteiger partial charge in [0.15, 0.2) is 0 Å². The summed E-state index contributed by atoms with van der Waals surface area (Å²) in [5.74, 6) is 0.770. The molecule has 0 aliphatic carbocycles. The van der Waals surface area contributed by atoms with Crippen molar-refractivity contribution in [1.29, 1.82) is 0 Å². The molecule has 5 rings (SSSR count). The van der Waals surface area contributed by atoms with Gasteiger partial charge in [0.05, 0.1) is 31.2 Å². The van der Waals surface area contributed by atoms with Crippen LogP contribution in [-0.2, 0) is 13.1 Å². The van der Waals surface area contributed by atoms with Crippen LogP contribution in [0.25, 0.3) is 39.0 Å². The number of ether oxygens (including phenoxy) is 1. The van der Waals surface area contributed by atoms with E-state index < -0.39 is 0 Å². The van der Waals surface area contributed by atoms with E-state index in [1.54, 1.807) is 7.11 Å². The second-order valence-electron chi connectivity index (χ2n) is 7.72. The summed E-state index contributed by atoms with van der Waals surface area (Å²) in [5, 5.41) is 17.5. The number of rotatable bonds is 6. The molecule has 0 N–H and O–H groups in total. The minimum Gasteiger partial charge on any atom is -0.496 e. The summed E-state index contributed by atoms with van der Waals surface area (Å²) in [4.78, 5) is 0. The molecular formula is C24H25N7O. The highest BCUT2D eigenvalue weighted by Crippen LogP contribution is 2.37. The van der Waals surface area contributed by atoms with Crippen molar-refractivity contribution in [3.05, 3.63) is 60.8 Å². The maximum Gasteiger partial charge on any atom is 0.129 e. The molecule has 0 aliphatic rings. The van der Waals surface area contributed by atoms with Crippen LogP contribution in [-0.4, -0.2) is 41.5 Å². The highest BCUT2D eigenvalue weighted by molar-refractivity contribution is 5.85. The van der Waals surface area contributed by atoms with Gasteiger partial charge in [-0.25, -0.2) is 4.52 Å². The van der Waals surface area contributed by atoms with E-state index in [-0.39, 0.29) is 0 Å². The summed E-state index contributed by atoms with van der Waals surface area (Å²) in [7, 11) is 1.69. The molecule has 1 aromatic carbocycles. The molecule has 4 heterocycles. The molecule has 4 aromatic heterocycles. The number of benzene rings is 1. The van der Waals surface area contributed by atoms with Crippen LogP contribution in [0, 0.1) is 6.92 Å². The number of pyridine rings is 1. The first-order valence-electron chi connectivity index (χ1n) is 10.7. The predicted octanol–water partition coefficient (Wildman–Crippen LogP) is 4.48. The Balaban J connectivity index is 1.57. The molecule has 5 aromatic rings. The molecule has 8 heteroatoms. The number of hydrogen-bond acceptors (Lipinski definition) is 5. The number of nitrogens with zero attached hydrogens (tertiary/aromatic N) is 7. The van der Waals surface area contributed by atoms with Crippen molar-refractivity contribution in [3.63, 3.8) is 0 Å². The summed E-state index contributed by atoms with van der Waals surface area (Å²) >= 11 is 0. The summed E-state index contributed by atoms with van der Waals surface area (Å²) in [5.41, 5.74) is 8.13. The topological polar surface area (TPSA) is 75.1 Å². The van der Waals surface area contributed by atoms with Gasteiger partial charge in [-0.05, 0) is 44.0 Å². The van der Waals surface area contributed by atoms with Crippen LogP contribution in [0.2, 0.25) is 0 Å². The average molecular weight is 428 g/mol. The lowest BCUT2D eigenvalue weighted by atomic mass is 9.98. The molecule has 8 nitrogen and oxygen atoms in total. The molecule has 0 amide bonds. The maximum atomic E-state index is 5.75. The molecular weight excluding hydrogens is 402 g/mol. The SMILES string of the molecule is CCn1cc(-c2ccc3c(-c4cc(C)c(-c5cn(CC)nn5)c(OC)c4)cnn3c2)cn1. The van der Waals surface area contributed by atoms with Gasteiger partial charge in [-0.1, -0.05) is 17.3 Å². The maximum absolute atomic E-state index is 5.75. The smallest absolute Gasteiger partial charge is 0.129 e. The van der Waals surface area contributed by atoms with Gasteiger partial charge < -0.3 is 4.74 Å². The van der Waals surface area contributed by atoms with E-state index in [9.17, 15) is 0 Å². The second-order valence-corrected chi connectivity index (χ2v) is 7.72. The fourth-order valence-electron chi connectivity index (χ4n) is 4.03. The Bertz CT molecular complexity index is 1410. The van der Waals surface area contributed by atoms with Crippen LogP contribution in [0.5, 0.6) is 5.75 Å². The Morgan fingerprint density at radius 3 is 2.44 bits per heavy atom. The van der Waals surface area contributed by atoms with E-state index in [2.05, 4.69) is 52.6 Å². The van der Waals surface area contributed by atoms with Crippen molar-refractivity contribution < 1.29 is 4.74 Å². The van der Waals surface area contributed by atoms with Gasteiger partial charge >= 0.3 is 0 Å². The van der Waals surface area contributed by atoms with E-state index in [1.165, 1.54) is 0 Å². The normalized spacial score (nSPS) is 11.4. The van der Waals surface area contributed by atoms with E-state index in [0.717, 1.165) is 63.4 Å². The van der Waals surface area contributed by atoms with Gasteiger partial charge in [0, 0.05) is 47.7 Å². The van der Waals surface area contributed by atoms with Crippen molar-refractivity contribution >= 4 is 5.52 Å². The zero-order chi connectivity index (χ0) is 22.2. The standard InChI is InChI=1S/C24H25N7O/c1-5-29-13-19(11-25-29)17-7-8-22-20(12-26-31(22)14-17)18-9-16(3)24(23(10-18)32-4)21-15-30(6-2)28-27-21/h7-15H,5-6H2,1-4H3. The lowest BCUT2D eigenvalue weighted by Crippen LogP contribution is -1.94. The monoisotopic (exact) mass is 427 g/mol. The van der Waals surface area contributed by atoms with Gasteiger partial charge in [0.1, 0.15) is 11.4 Å². The van der Waals surface area contributed by atoms with Crippen LogP contribution in [0.15, 0.2) is 55.2 Å². The molecule has 162 valence electrons. The first-order chi connectivity index (χ1) is 15.6. The largest absolute Gasteiger partial charge is 0.496 e. The van der Waals surface area contributed by atoms with Crippen LogP contribution >= 0.6 is 0 Å². The zero-order valence-electron chi connectivity index (χ0n) is 18.6. The van der Waals surface area contributed by atoms with Crippen LogP contribution in [0.3, 0.4) is 0 Å². The quantitative estimate of drug-likeness (QED) is 0.399. The Labute approximate surface area is 186 Å². The Kier molecular flexibility index (Phi) is 4.97. The van der Waals surface area contributed by atoms with Gasteiger partial charge in [-0.15, -0.1) is 5.10 Å². The van der Waals surface area contributed by atoms with Gasteiger partial charge in [-0.3, -0.25) is 9.36 Å².